The van der Waals surface area contributed by atoms with Crippen LogP contribution in [0.1, 0.15) is 49.2 Å². The normalized spacial score (nSPS) is 15.5. The molecule has 5 nitrogen and oxygen atoms in total. The molecular weight excluding hydrogens is 359 g/mol. The van der Waals surface area contributed by atoms with Crippen LogP contribution in [0.15, 0.2) is 41.4 Å². The number of hydrogen-bond donors (Lipinski definition) is 2. The second kappa shape index (κ2) is 7.11. The van der Waals surface area contributed by atoms with Gasteiger partial charge in [-0.05, 0) is 63.6 Å². The van der Waals surface area contributed by atoms with Crippen LogP contribution in [0.2, 0.25) is 0 Å². The first-order chi connectivity index (χ1) is 13.1. The number of rotatable bonds is 4. The third-order valence-electron chi connectivity index (χ3n) is 4.98. The second-order valence-electron chi connectivity index (χ2n) is 7.38. The van der Waals surface area contributed by atoms with E-state index in [1.165, 1.54) is 30.5 Å². The Morgan fingerprint density at radius 2 is 2.00 bits per heavy atom. The van der Waals surface area contributed by atoms with Crippen molar-refractivity contribution in [2.45, 2.75) is 33.2 Å². The van der Waals surface area contributed by atoms with Gasteiger partial charge < -0.3 is 15.1 Å². The molecule has 0 fully saturated rings. The van der Waals surface area contributed by atoms with Crippen LogP contribution in [0, 0.1) is 5.82 Å². The Bertz CT molecular complexity index is 1010. The Morgan fingerprint density at radius 1 is 1.29 bits per heavy atom. The van der Waals surface area contributed by atoms with E-state index in [1.54, 1.807) is 6.07 Å². The number of aliphatic imine (C=N–C) groups is 1. The number of aromatic hydroxyl groups is 1. The fourth-order valence-electron chi connectivity index (χ4n) is 3.71. The summed E-state index contributed by atoms with van der Waals surface area (Å²) in [5.74, 6) is -1.99. The molecule has 0 spiro atoms. The maximum Gasteiger partial charge on any atom is 0.339 e. The number of likely N-dealkylation sites (N-methyl/N-ethyl adjacent to an activating group) is 1. The predicted octanol–water partition coefficient (Wildman–Crippen LogP) is 5.00. The van der Waals surface area contributed by atoms with E-state index in [2.05, 4.69) is 29.8 Å². The van der Waals surface area contributed by atoms with Crippen molar-refractivity contribution in [2.75, 3.05) is 11.4 Å². The molecule has 2 N–H and O–H groups in total. The van der Waals surface area contributed by atoms with Gasteiger partial charge in [0.1, 0.15) is 17.1 Å². The van der Waals surface area contributed by atoms with Crippen LogP contribution in [0.4, 0.5) is 15.8 Å². The first-order valence-electron chi connectivity index (χ1n) is 9.05. The van der Waals surface area contributed by atoms with Gasteiger partial charge in [-0.25, -0.2) is 9.18 Å². The molecule has 0 unspecified atom stereocenters. The van der Waals surface area contributed by atoms with Gasteiger partial charge in [0, 0.05) is 29.6 Å². The van der Waals surface area contributed by atoms with E-state index in [1.807, 2.05) is 13.8 Å². The first kappa shape index (κ1) is 19.6. The van der Waals surface area contributed by atoms with Crippen LogP contribution in [0.5, 0.6) is 5.75 Å². The lowest BCUT2D eigenvalue weighted by Crippen LogP contribution is -2.45. The van der Waals surface area contributed by atoms with Crippen LogP contribution in [-0.4, -0.2) is 34.5 Å². The SMILES string of the molecule is CCN1c2cc(F)c(C=Nc3ccc(O)c(C(=O)O)c3)cc2C(C)=CC1(C)C. The van der Waals surface area contributed by atoms with Crippen molar-refractivity contribution < 1.29 is 19.4 Å². The Kier molecular flexibility index (Phi) is 4.98. The largest absolute Gasteiger partial charge is 0.507 e. The van der Waals surface area contributed by atoms with E-state index in [-0.39, 0.29) is 16.9 Å². The summed E-state index contributed by atoms with van der Waals surface area (Å²) in [6, 6.07) is 7.26. The summed E-state index contributed by atoms with van der Waals surface area (Å²) in [6.45, 7) is 8.99. The Morgan fingerprint density at radius 3 is 2.64 bits per heavy atom. The van der Waals surface area contributed by atoms with Gasteiger partial charge >= 0.3 is 5.97 Å². The number of allylic oxidation sites excluding steroid dienone is 1. The molecule has 146 valence electrons. The van der Waals surface area contributed by atoms with E-state index in [9.17, 15) is 14.3 Å². The summed E-state index contributed by atoms with van der Waals surface area (Å²) >= 11 is 0. The van der Waals surface area contributed by atoms with Crippen LogP contribution in [-0.2, 0) is 0 Å². The van der Waals surface area contributed by atoms with Gasteiger partial charge in [0.15, 0.2) is 0 Å². The lowest BCUT2D eigenvalue weighted by Gasteiger charge is -2.42. The molecule has 1 aliphatic heterocycles. The molecule has 0 saturated heterocycles. The number of halogens is 1. The number of benzene rings is 2. The number of aromatic carboxylic acids is 1. The maximum absolute atomic E-state index is 14.8. The highest BCUT2D eigenvalue weighted by Crippen LogP contribution is 2.39. The Balaban J connectivity index is 2.02. The number of nitrogens with zero attached hydrogens (tertiary/aromatic N) is 2. The molecule has 0 saturated carbocycles. The van der Waals surface area contributed by atoms with E-state index in [0.29, 0.717) is 11.3 Å². The van der Waals surface area contributed by atoms with Gasteiger partial charge in [-0.1, -0.05) is 6.08 Å². The minimum Gasteiger partial charge on any atom is -0.507 e. The first-order valence-corrected chi connectivity index (χ1v) is 9.05. The van der Waals surface area contributed by atoms with Crippen molar-refractivity contribution in [3.8, 4) is 5.75 Å². The fourth-order valence-corrected chi connectivity index (χ4v) is 3.71. The van der Waals surface area contributed by atoms with Crippen molar-refractivity contribution in [1.82, 2.24) is 0 Å². The summed E-state index contributed by atoms with van der Waals surface area (Å²) in [5.41, 5.74) is 3.04. The average Bonchev–Trinajstić information content (AvgIpc) is 2.60. The smallest absolute Gasteiger partial charge is 0.339 e. The van der Waals surface area contributed by atoms with E-state index in [0.717, 1.165) is 23.4 Å². The topological polar surface area (TPSA) is 73.1 Å². The van der Waals surface area contributed by atoms with E-state index < -0.39 is 11.8 Å². The van der Waals surface area contributed by atoms with E-state index in [4.69, 9.17) is 5.11 Å². The molecule has 2 aromatic carbocycles. The van der Waals surface area contributed by atoms with Crippen LogP contribution >= 0.6 is 0 Å². The molecule has 0 atom stereocenters. The second-order valence-corrected chi connectivity index (χ2v) is 7.38. The van der Waals surface area contributed by atoms with Gasteiger partial charge in [-0.15, -0.1) is 0 Å². The predicted molar refractivity (Wildman–Crippen MR) is 109 cm³/mol. The number of phenols is 1. The van der Waals surface area contributed by atoms with E-state index >= 15 is 0 Å². The number of carbonyl (C=O) groups is 1. The highest BCUT2D eigenvalue weighted by molar-refractivity contribution is 5.93. The highest BCUT2D eigenvalue weighted by Gasteiger charge is 2.30. The van der Waals surface area contributed by atoms with Gasteiger partial charge in [0.2, 0.25) is 0 Å². The minimum atomic E-state index is -1.25. The lowest BCUT2D eigenvalue weighted by atomic mass is 9.88. The van der Waals surface area contributed by atoms with Crippen LogP contribution in [0.3, 0.4) is 0 Å². The molecule has 0 amide bonds. The number of hydrogen-bond acceptors (Lipinski definition) is 4. The molecule has 1 heterocycles. The zero-order valence-electron chi connectivity index (χ0n) is 16.3. The quantitative estimate of drug-likeness (QED) is 0.730. The van der Waals surface area contributed by atoms with Gasteiger partial charge in [-0.3, -0.25) is 4.99 Å². The summed E-state index contributed by atoms with van der Waals surface area (Å²) in [6.07, 6.45) is 3.54. The average molecular weight is 382 g/mol. The Labute approximate surface area is 163 Å². The van der Waals surface area contributed by atoms with Crippen molar-refractivity contribution in [3.63, 3.8) is 0 Å². The summed E-state index contributed by atoms with van der Waals surface area (Å²) in [7, 11) is 0. The highest BCUT2D eigenvalue weighted by atomic mass is 19.1. The monoisotopic (exact) mass is 382 g/mol. The van der Waals surface area contributed by atoms with Crippen molar-refractivity contribution in [1.29, 1.82) is 0 Å². The summed E-state index contributed by atoms with van der Waals surface area (Å²) in [4.78, 5) is 17.5. The minimum absolute atomic E-state index is 0.201. The van der Waals surface area contributed by atoms with Crippen LogP contribution < -0.4 is 4.90 Å². The third-order valence-corrected chi connectivity index (χ3v) is 4.98. The molecule has 1 aliphatic rings. The van der Waals surface area contributed by atoms with Crippen LogP contribution in [0.25, 0.3) is 5.57 Å². The van der Waals surface area contributed by atoms with Crippen molar-refractivity contribution in [3.05, 3.63) is 58.9 Å². The number of carboxylic acid groups (broad SMARTS) is 1. The molecule has 0 aliphatic carbocycles. The lowest BCUT2D eigenvalue weighted by molar-refractivity contribution is 0.0693. The molecule has 2 aromatic rings. The molecule has 3 rings (SSSR count). The third kappa shape index (κ3) is 3.50. The molecular formula is C22H23FN2O3. The molecule has 0 radical (unpaired) electrons. The number of fused-ring (bicyclic) bond motifs is 1. The van der Waals surface area contributed by atoms with Gasteiger partial charge in [0.25, 0.3) is 0 Å². The van der Waals surface area contributed by atoms with Gasteiger partial charge in [-0.2, -0.15) is 0 Å². The maximum atomic E-state index is 14.8. The Hall–Kier alpha value is -3.15. The van der Waals surface area contributed by atoms with Crippen molar-refractivity contribution in [2.24, 2.45) is 4.99 Å². The van der Waals surface area contributed by atoms with Gasteiger partial charge in [0.05, 0.1) is 11.2 Å². The molecule has 6 heteroatoms. The summed E-state index contributed by atoms with van der Waals surface area (Å²) in [5, 5.41) is 18.7. The fraction of sp³-hybridized carbons (Fsp3) is 0.273. The molecule has 28 heavy (non-hydrogen) atoms. The van der Waals surface area contributed by atoms with Crippen molar-refractivity contribution >= 4 is 29.1 Å². The summed E-state index contributed by atoms with van der Waals surface area (Å²) < 4.78 is 14.8. The number of anilines is 1. The zero-order chi connectivity index (χ0) is 20.6. The molecule has 0 bridgehead atoms. The zero-order valence-corrected chi connectivity index (χ0v) is 16.3. The molecule has 0 aromatic heterocycles. The standard InChI is InChI=1S/C22H23FN2O3/c1-5-25-19-10-18(23)14(8-16(19)13(2)11-22(25,3)4)12-24-15-6-7-20(26)17(9-15)21(27)28/h6-12,26H,5H2,1-4H3,(H,27,28). The number of carboxylic acids is 1.